The van der Waals surface area contributed by atoms with E-state index in [-0.39, 0.29) is 5.56 Å². The van der Waals surface area contributed by atoms with Gasteiger partial charge in [0.25, 0.3) is 5.91 Å². The van der Waals surface area contributed by atoms with Crippen LogP contribution in [0.4, 0.5) is 17.6 Å². The highest BCUT2D eigenvalue weighted by Crippen LogP contribution is 2.29. The molecule has 0 saturated heterocycles. The molecule has 25 heavy (non-hydrogen) atoms. The molecule has 0 fully saturated rings. The number of alkyl halides is 3. The molecule has 1 amide bonds. The summed E-state index contributed by atoms with van der Waals surface area (Å²) in [6.07, 6.45) is -2.72. The minimum absolute atomic E-state index is 0.131. The molecule has 0 radical (unpaired) electrons. The molecule has 0 aliphatic rings. The fourth-order valence-electron chi connectivity index (χ4n) is 1.81. The van der Waals surface area contributed by atoms with Gasteiger partial charge in [-0.1, -0.05) is 11.2 Å². The Morgan fingerprint density at radius 2 is 2.04 bits per heavy atom. The van der Waals surface area contributed by atoms with E-state index in [1.165, 1.54) is 0 Å². The molecule has 0 spiro atoms. The number of carbonyl (C=O) groups is 1. The summed E-state index contributed by atoms with van der Waals surface area (Å²) in [6.45, 7) is 0. The monoisotopic (exact) mass is 358 g/mol. The third-order valence-corrected chi connectivity index (χ3v) is 2.94. The number of hydrogen-bond acceptors (Lipinski definition) is 6. The third kappa shape index (κ3) is 3.27. The molecule has 2 heterocycles. The molecule has 1 aromatic carbocycles. The number of oxazole rings is 1. The number of nitrogens with zero attached hydrogens (tertiary/aromatic N) is 3. The maximum atomic E-state index is 14.1. The Balaban J connectivity index is 1.86. The van der Waals surface area contributed by atoms with Gasteiger partial charge in [0.2, 0.25) is 5.82 Å². The number of nitrogens with one attached hydrogen (secondary N) is 1. The molecule has 1 N–H and O–H groups in total. The van der Waals surface area contributed by atoms with Gasteiger partial charge in [-0.15, -0.1) is 0 Å². The zero-order chi connectivity index (χ0) is 18.2. The van der Waals surface area contributed by atoms with Crippen molar-refractivity contribution in [2.45, 2.75) is 6.18 Å². The standard InChI is InChI=1S/C13H6F4N4O4/c14-8-5-6(9-18-11(25-20-9)13(15,16)17)1-2-7(8)10(22)19-21-3-4-24-12(21)23/h1-5H,(H,19,22). The summed E-state index contributed by atoms with van der Waals surface area (Å²) >= 11 is 0. The van der Waals surface area contributed by atoms with E-state index in [2.05, 4.69) is 24.5 Å². The Morgan fingerprint density at radius 3 is 2.60 bits per heavy atom. The van der Waals surface area contributed by atoms with Crippen LogP contribution in [0.3, 0.4) is 0 Å². The minimum atomic E-state index is -4.83. The zero-order valence-corrected chi connectivity index (χ0v) is 11.9. The molecular formula is C13H6F4N4O4. The van der Waals surface area contributed by atoms with Crippen LogP contribution in [0.1, 0.15) is 16.2 Å². The van der Waals surface area contributed by atoms with Gasteiger partial charge < -0.3 is 8.94 Å². The molecule has 8 nitrogen and oxygen atoms in total. The molecule has 0 atom stereocenters. The maximum absolute atomic E-state index is 14.1. The second-order valence-electron chi connectivity index (χ2n) is 4.60. The summed E-state index contributed by atoms with van der Waals surface area (Å²) in [7, 11) is 0. The van der Waals surface area contributed by atoms with E-state index in [1.807, 2.05) is 0 Å². The molecule has 3 aromatic rings. The first-order valence-corrected chi connectivity index (χ1v) is 6.44. The predicted octanol–water partition coefficient (Wildman–Crippen LogP) is 2.03. The van der Waals surface area contributed by atoms with E-state index in [0.29, 0.717) is 4.68 Å². The van der Waals surface area contributed by atoms with E-state index in [0.717, 1.165) is 30.7 Å². The second kappa shape index (κ2) is 5.89. The molecule has 0 saturated carbocycles. The number of carbonyl (C=O) groups excluding carboxylic acids is 1. The van der Waals surface area contributed by atoms with Gasteiger partial charge in [-0.25, -0.2) is 9.18 Å². The lowest BCUT2D eigenvalue weighted by Crippen LogP contribution is -2.30. The number of amides is 1. The van der Waals surface area contributed by atoms with E-state index in [4.69, 9.17) is 0 Å². The first-order chi connectivity index (χ1) is 11.8. The maximum Gasteiger partial charge on any atom is 0.471 e. The molecular weight excluding hydrogens is 352 g/mol. The van der Waals surface area contributed by atoms with Gasteiger partial charge in [0.05, 0.1) is 11.8 Å². The van der Waals surface area contributed by atoms with Crippen LogP contribution in [0.2, 0.25) is 0 Å². The Hall–Kier alpha value is -3.44. The van der Waals surface area contributed by atoms with Crippen molar-refractivity contribution in [2.75, 3.05) is 5.43 Å². The van der Waals surface area contributed by atoms with Crippen molar-refractivity contribution in [2.24, 2.45) is 0 Å². The Labute approximate surface area is 134 Å². The first kappa shape index (κ1) is 16.4. The molecule has 0 bridgehead atoms. The summed E-state index contributed by atoms with van der Waals surface area (Å²) in [5.74, 6) is -5.01. The summed E-state index contributed by atoms with van der Waals surface area (Å²) in [5, 5.41) is 3.11. The first-order valence-electron chi connectivity index (χ1n) is 6.44. The highest BCUT2D eigenvalue weighted by molar-refractivity contribution is 6.00. The molecule has 130 valence electrons. The van der Waals surface area contributed by atoms with Gasteiger partial charge in [0.1, 0.15) is 12.1 Å². The van der Waals surface area contributed by atoms with Crippen LogP contribution >= 0.6 is 0 Å². The Kier molecular flexibility index (Phi) is 3.87. The topological polar surface area (TPSA) is 103 Å². The van der Waals surface area contributed by atoms with Crippen LogP contribution in [-0.4, -0.2) is 20.7 Å². The van der Waals surface area contributed by atoms with Crippen molar-refractivity contribution >= 4 is 5.91 Å². The quantitative estimate of drug-likeness (QED) is 0.719. The minimum Gasteiger partial charge on any atom is -0.415 e. The normalized spacial score (nSPS) is 11.5. The van der Waals surface area contributed by atoms with Crippen LogP contribution in [-0.2, 0) is 6.18 Å². The van der Waals surface area contributed by atoms with Gasteiger partial charge in [0.15, 0.2) is 0 Å². The van der Waals surface area contributed by atoms with Crippen molar-refractivity contribution in [3.05, 3.63) is 58.5 Å². The highest BCUT2D eigenvalue weighted by Gasteiger charge is 2.38. The van der Waals surface area contributed by atoms with Gasteiger partial charge in [0, 0.05) is 5.56 Å². The Morgan fingerprint density at radius 1 is 1.28 bits per heavy atom. The summed E-state index contributed by atoms with van der Waals surface area (Å²) in [5.41, 5.74) is 1.47. The molecule has 12 heteroatoms. The van der Waals surface area contributed by atoms with Gasteiger partial charge in [-0.2, -0.15) is 22.8 Å². The van der Waals surface area contributed by atoms with Crippen molar-refractivity contribution in [1.82, 2.24) is 14.8 Å². The highest BCUT2D eigenvalue weighted by atomic mass is 19.4. The average Bonchev–Trinajstić information content (AvgIpc) is 3.16. The smallest absolute Gasteiger partial charge is 0.415 e. The molecule has 0 aliphatic carbocycles. The van der Waals surface area contributed by atoms with E-state index in [9.17, 15) is 27.2 Å². The van der Waals surface area contributed by atoms with Crippen molar-refractivity contribution in [1.29, 1.82) is 0 Å². The van der Waals surface area contributed by atoms with Crippen molar-refractivity contribution in [3.8, 4) is 11.4 Å². The largest absolute Gasteiger partial charge is 0.471 e. The van der Waals surface area contributed by atoms with E-state index in [1.54, 1.807) is 0 Å². The fraction of sp³-hybridized carbons (Fsp3) is 0.0769. The fourth-order valence-corrected chi connectivity index (χ4v) is 1.81. The Bertz CT molecular complexity index is 988. The SMILES string of the molecule is O=C(Nn1ccoc1=O)c1ccc(-c2noc(C(F)(F)F)n2)cc1F. The molecule has 0 unspecified atom stereocenters. The lowest BCUT2D eigenvalue weighted by molar-refractivity contribution is -0.159. The zero-order valence-electron chi connectivity index (χ0n) is 11.9. The molecule has 3 rings (SSSR count). The summed E-state index contributed by atoms with van der Waals surface area (Å²) < 4.78 is 60.5. The van der Waals surface area contributed by atoms with Crippen molar-refractivity contribution in [3.63, 3.8) is 0 Å². The van der Waals surface area contributed by atoms with Gasteiger partial charge in [-0.3, -0.25) is 10.2 Å². The van der Waals surface area contributed by atoms with Gasteiger partial charge >= 0.3 is 17.8 Å². The predicted molar refractivity (Wildman–Crippen MR) is 71.4 cm³/mol. The van der Waals surface area contributed by atoms with Gasteiger partial charge in [-0.05, 0) is 12.1 Å². The third-order valence-electron chi connectivity index (χ3n) is 2.94. The van der Waals surface area contributed by atoms with Crippen LogP contribution < -0.4 is 11.2 Å². The average molecular weight is 358 g/mol. The number of rotatable bonds is 3. The number of halogens is 4. The van der Waals surface area contributed by atoms with Crippen LogP contribution in [0.15, 0.2) is 44.4 Å². The van der Waals surface area contributed by atoms with Crippen LogP contribution in [0.25, 0.3) is 11.4 Å². The molecule has 2 aromatic heterocycles. The van der Waals surface area contributed by atoms with Crippen LogP contribution in [0.5, 0.6) is 0 Å². The lowest BCUT2D eigenvalue weighted by atomic mass is 10.1. The summed E-state index contributed by atoms with van der Waals surface area (Å²) in [4.78, 5) is 26.2. The summed E-state index contributed by atoms with van der Waals surface area (Å²) in [6, 6.07) is 2.88. The number of hydrogen-bond donors (Lipinski definition) is 1. The molecule has 0 aliphatic heterocycles. The second-order valence-corrected chi connectivity index (χ2v) is 4.60. The number of benzene rings is 1. The van der Waals surface area contributed by atoms with E-state index >= 15 is 0 Å². The van der Waals surface area contributed by atoms with Crippen LogP contribution in [0, 0.1) is 5.82 Å². The van der Waals surface area contributed by atoms with E-state index < -0.39 is 40.9 Å². The lowest BCUT2D eigenvalue weighted by Gasteiger charge is -2.05. The number of aromatic nitrogens is 3. The van der Waals surface area contributed by atoms with Crippen molar-refractivity contribution < 1.29 is 31.3 Å².